The van der Waals surface area contributed by atoms with Crippen LogP contribution in [0.5, 0.6) is 0 Å². The van der Waals surface area contributed by atoms with Gasteiger partial charge >= 0.3 is 6.09 Å². The Morgan fingerprint density at radius 1 is 1.90 bits per heavy atom. The van der Waals surface area contributed by atoms with Crippen LogP contribution in [-0.2, 0) is 0 Å². The first-order valence-corrected chi connectivity index (χ1v) is 3.94. The molecule has 1 N–H and O–H groups in total. The fraction of sp³-hybridized carbons (Fsp3) is 0.500. The van der Waals surface area contributed by atoms with Crippen LogP contribution in [0.2, 0.25) is 0 Å². The van der Waals surface area contributed by atoms with Gasteiger partial charge in [0.05, 0.1) is 5.88 Å². The molecule has 1 aliphatic rings. The van der Waals surface area contributed by atoms with Crippen LogP contribution in [0.3, 0.4) is 0 Å². The summed E-state index contributed by atoms with van der Waals surface area (Å²) in [6.45, 7) is 0. The van der Waals surface area contributed by atoms with Crippen molar-refractivity contribution in [2.45, 2.75) is 6.04 Å². The topological polar surface area (TPSA) is 40.5 Å². The molecular formula is C6H7NO2S. The second-order valence-electron chi connectivity index (χ2n) is 1.93. The molecule has 1 rings (SSSR count). The van der Waals surface area contributed by atoms with E-state index >= 15 is 0 Å². The summed E-state index contributed by atoms with van der Waals surface area (Å²) in [5.41, 5.74) is 0. The highest BCUT2D eigenvalue weighted by atomic mass is 32.2. The lowest BCUT2D eigenvalue weighted by atomic mass is 10.3. The second kappa shape index (κ2) is 2.84. The fourth-order valence-corrected chi connectivity index (χ4v) is 1.86. The maximum Gasteiger partial charge on any atom is 0.409 e. The average molecular weight is 157 g/mol. The van der Waals surface area contributed by atoms with Gasteiger partial charge in [-0.05, 0) is 0 Å². The summed E-state index contributed by atoms with van der Waals surface area (Å²) in [5, 5.41) is 8.53. The van der Waals surface area contributed by atoms with E-state index in [9.17, 15) is 4.79 Å². The molecule has 1 saturated heterocycles. The SMILES string of the molecule is C#CC1CSCN1C(=O)O. The van der Waals surface area contributed by atoms with Crippen LogP contribution < -0.4 is 0 Å². The normalized spacial score (nSPS) is 24.3. The molecule has 0 aromatic carbocycles. The molecule has 1 aliphatic heterocycles. The number of terminal acetylenes is 1. The van der Waals surface area contributed by atoms with Gasteiger partial charge in [-0.15, -0.1) is 18.2 Å². The van der Waals surface area contributed by atoms with Crippen LogP contribution in [0.1, 0.15) is 0 Å². The number of carbonyl (C=O) groups is 1. The van der Waals surface area contributed by atoms with Crippen molar-refractivity contribution < 1.29 is 9.90 Å². The van der Waals surface area contributed by atoms with Gasteiger partial charge in [-0.3, -0.25) is 4.90 Å². The average Bonchev–Trinajstić information content (AvgIpc) is 2.33. The van der Waals surface area contributed by atoms with E-state index in [1.807, 2.05) is 0 Å². The van der Waals surface area contributed by atoms with Crippen LogP contribution >= 0.6 is 11.8 Å². The highest BCUT2D eigenvalue weighted by Crippen LogP contribution is 2.19. The molecule has 1 fully saturated rings. The van der Waals surface area contributed by atoms with E-state index in [0.717, 1.165) is 5.75 Å². The first-order chi connectivity index (χ1) is 4.75. The molecule has 0 spiro atoms. The molecule has 54 valence electrons. The lowest BCUT2D eigenvalue weighted by Gasteiger charge is -2.14. The summed E-state index contributed by atoms with van der Waals surface area (Å²) < 4.78 is 0. The zero-order valence-electron chi connectivity index (χ0n) is 5.28. The smallest absolute Gasteiger partial charge is 0.409 e. The molecule has 3 nitrogen and oxygen atoms in total. The number of amides is 1. The molecule has 0 saturated carbocycles. The molecule has 1 atom stereocenters. The minimum absolute atomic E-state index is 0.220. The lowest BCUT2D eigenvalue weighted by molar-refractivity contribution is 0.151. The third kappa shape index (κ3) is 1.19. The monoisotopic (exact) mass is 157 g/mol. The van der Waals surface area contributed by atoms with Crippen LogP contribution in [0, 0.1) is 12.3 Å². The van der Waals surface area contributed by atoms with Crippen LogP contribution in [0.15, 0.2) is 0 Å². The summed E-state index contributed by atoms with van der Waals surface area (Å²) in [6, 6.07) is -0.220. The molecule has 0 bridgehead atoms. The third-order valence-corrected chi connectivity index (χ3v) is 2.33. The first kappa shape index (κ1) is 7.29. The minimum Gasteiger partial charge on any atom is -0.465 e. The minimum atomic E-state index is -0.923. The zero-order chi connectivity index (χ0) is 7.56. The van der Waals surface area contributed by atoms with Crippen molar-refractivity contribution in [1.82, 2.24) is 4.90 Å². The van der Waals surface area contributed by atoms with E-state index < -0.39 is 6.09 Å². The number of hydrogen-bond acceptors (Lipinski definition) is 2. The van der Waals surface area contributed by atoms with Gasteiger partial charge in [0.2, 0.25) is 0 Å². The van der Waals surface area contributed by atoms with Crippen molar-refractivity contribution in [3.8, 4) is 12.3 Å². The van der Waals surface area contributed by atoms with E-state index in [1.165, 1.54) is 4.90 Å². The van der Waals surface area contributed by atoms with Gasteiger partial charge in [0.1, 0.15) is 6.04 Å². The summed E-state index contributed by atoms with van der Waals surface area (Å²) in [7, 11) is 0. The Morgan fingerprint density at radius 2 is 2.60 bits per heavy atom. The highest BCUT2D eigenvalue weighted by molar-refractivity contribution is 7.99. The Hall–Kier alpha value is -0.820. The summed E-state index contributed by atoms with van der Waals surface area (Å²) in [6.07, 6.45) is 4.17. The molecule has 10 heavy (non-hydrogen) atoms. The van der Waals surface area contributed by atoms with E-state index in [0.29, 0.717) is 5.88 Å². The Balaban J connectivity index is 2.61. The van der Waals surface area contributed by atoms with Gasteiger partial charge < -0.3 is 5.11 Å². The zero-order valence-corrected chi connectivity index (χ0v) is 6.10. The van der Waals surface area contributed by atoms with Crippen LogP contribution in [0.25, 0.3) is 0 Å². The van der Waals surface area contributed by atoms with E-state index in [1.54, 1.807) is 11.8 Å². The van der Waals surface area contributed by atoms with Crippen molar-refractivity contribution in [2.24, 2.45) is 0 Å². The van der Waals surface area contributed by atoms with Gasteiger partial charge in [0, 0.05) is 5.75 Å². The summed E-state index contributed by atoms with van der Waals surface area (Å²) >= 11 is 1.55. The molecule has 1 unspecified atom stereocenters. The maximum absolute atomic E-state index is 10.4. The Morgan fingerprint density at radius 3 is 3.00 bits per heavy atom. The van der Waals surface area contributed by atoms with Crippen LogP contribution in [0.4, 0.5) is 4.79 Å². The Kier molecular flexibility index (Phi) is 2.07. The lowest BCUT2D eigenvalue weighted by Crippen LogP contribution is -2.34. The standard InChI is InChI=1S/C6H7NO2S/c1-2-5-3-10-4-7(5)6(8)9/h1,5H,3-4H2,(H,8,9). The molecule has 0 aliphatic carbocycles. The molecule has 0 aromatic rings. The number of rotatable bonds is 0. The molecule has 0 radical (unpaired) electrons. The summed E-state index contributed by atoms with van der Waals surface area (Å²) in [4.78, 5) is 11.7. The predicted octanol–water partition coefficient (Wildman–Crippen LogP) is 0.672. The van der Waals surface area contributed by atoms with E-state index in [2.05, 4.69) is 5.92 Å². The van der Waals surface area contributed by atoms with E-state index in [4.69, 9.17) is 11.5 Å². The molecule has 1 heterocycles. The molecule has 1 amide bonds. The van der Waals surface area contributed by atoms with E-state index in [-0.39, 0.29) is 6.04 Å². The van der Waals surface area contributed by atoms with Gasteiger partial charge in [-0.1, -0.05) is 5.92 Å². The van der Waals surface area contributed by atoms with Crippen molar-refractivity contribution in [2.75, 3.05) is 11.6 Å². The fourth-order valence-electron chi connectivity index (χ4n) is 0.769. The predicted molar refractivity (Wildman–Crippen MR) is 39.8 cm³/mol. The molecular weight excluding hydrogens is 150 g/mol. The number of thioether (sulfide) groups is 1. The largest absolute Gasteiger partial charge is 0.465 e. The maximum atomic E-state index is 10.4. The second-order valence-corrected chi connectivity index (χ2v) is 2.93. The van der Waals surface area contributed by atoms with Crippen molar-refractivity contribution in [3.05, 3.63) is 0 Å². The molecule has 4 heteroatoms. The Labute approximate surface area is 63.4 Å². The number of nitrogens with zero attached hydrogens (tertiary/aromatic N) is 1. The molecule has 0 aromatic heterocycles. The Bertz CT molecular complexity index is 187. The highest BCUT2D eigenvalue weighted by Gasteiger charge is 2.26. The van der Waals surface area contributed by atoms with Gasteiger partial charge in [0.25, 0.3) is 0 Å². The van der Waals surface area contributed by atoms with Crippen molar-refractivity contribution in [1.29, 1.82) is 0 Å². The van der Waals surface area contributed by atoms with Crippen molar-refractivity contribution in [3.63, 3.8) is 0 Å². The van der Waals surface area contributed by atoms with Crippen LogP contribution in [-0.4, -0.2) is 33.8 Å². The number of carboxylic acid groups (broad SMARTS) is 1. The van der Waals surface area contributed by atoms with Gasteiger partial charge in [-0.2, -0.15) is 0 Å². The summed E-state index contributed by atoms with van der Waals surface area (Å²) in [5.74, 6) is 3.65. The number of hydrogen-bond donors (Lipinski definition) is 1. The van der Waals surface area contributed by atoms with Crippen molar-refractivity contribution >= 4 is 17.9 Å². The quantitative estimate of drug-likeness (QED) is 0.525. The van der Waals surface area contributed by atoms with Gasteiger partial charge in [0.15, 0.2) is 0 Å². The third-order valence-electron chi connectivity index (χ3n) is 1.32. The first-order valence-electron chi connectivity index (χ1n) is 2.79. The van der Waals surface area contributed by atoms with Gasteiger partial charge in [-0.25, -0.2) is 4.79 Å².